The van der Waals surface area contributed by atoms with E-state index in [1.54, 1.807) is 13.0 Å². The van der Waals surface area contributed by atoms with Gasteiger partial charge in [0.15, 0.2) is 5.82 Å². The molecule has 0 radical (unpaired) electrons. The predicted octanol–water partition coefficient (Wildman–Crippen LogP) is 4.43. The summed E-state index contributed by atoms with van der Waals surface area (Å²) in [6.45, 7) is 4.03. The van der Waals surface area contributed by atoms with Crippen LogP contribution in [-0.4, -0.2) is 20.9 Å². The van der Waals surface area contributed by atoms with Crippen LogP contribution in [-0.2, 0) is 11.3 Å². The van der Waals surface area contributed by atoms with E-state index in [9.17, 15) is 9.18 Å². The van der Waals surface area contributed by atoms with E-state index in [2.05, 4.69) is 31.4 Å². The zero-order chi connectivity index (χ0) is 19.4. The number of aromatic nitrogens is 2. The van der Waals surface area contributed by atoms with Gasteiger partial charge in [-0.25, -0.2) is 4.39 Å². The normalized spacial score (nSPS) is 13.2. The summed E-state index contributed by atoms with van der Waals surface area (Å²) < 4.78 is 17.2. The molecule has 5 nitrogen and oxygen atoms in total. The Balaban J connectivity index is 0.000000246. The van der Waals surface area contributed by atoms with Gasteiger partial charge in [0.05, 0.1) is 17.3 Å². The van der Waals surface area contributed by atoms with Gasteiger partial charge in [-0.2, -0.15) is 4.98 Å². The van der Waals surface area contributed by atoms with Gasteiger partial charge in [-0.1, -0.05) is 63.6 Å². The molecule has 0 saturated heterocycles. The third kappa shape index (κ3) is 4.60. The molecule has 1 amide bonds. The molecule has 1 aromatic heterocycles. The van der Waals surface area contributed by atoms with Gasteiger partial charge in [0.1, 0.15) is 5.82 Å². The SMILES string of the molecule is CC(Br)C(=O)NCc1noc(C(C)c2ccccc2)n1.Fc1cc2ccc1-2. The summed E-state index contributed by atoms with van der Waals surface area (Å²) in [6.07, 6.45) is 0. The number of nitrogens with one attached hydrogen (secondary N) is 1. The zero-order valence-electron chi connectivity index (χ0n) is 14.9. The number of hydrogen-bond acceptors (Lipinski definition) is 4. The lowest BCUT2D eigenvalue weighted by Gasteiger charge is -2.13. The van der Waals surface area contributed by atoms with Crippen molar-refractivity contribution < 1.29 is 13.7 Å². The summed E-state index contributed by atoms with van der Waals surface area (Å²) in [5, 5.41) is 6.60. The lowest BCUT2D eigenvalue weighted by atomic mass is 9.93. The van der Waals surface area contributed by atoms with Gasteiger partial charge in [0.25, 0.3) is 0 Å². The highest BCUT2D eigenvalue weighted by Crippen LogP contribution is 2.34. The monoisotopic (exact) mass is 431 g/mol. The van der Waals surface area contributed by atoms with Crippen LogP contribution in [0.1, 0.15) is 37.0 Å². The Morgan fingerprint density at radius 2 is 1.96 bits per heavy atom. The number of rotatable bonds is 5. The highest BCUT2D eigenvalue weighted by Gasteiger charge is 2.17. The number of fused-ring (bicyclic) bond motifs is 1. The van der Waals surface area contributed by atoms with Gasteiger partial charge < -0.3 is 9.84 Å². The van der Waals surface area contributed by atoms with Crippen molar-refractivity contribution in [2.24, 2.45) is 0 Å². The second-order valence-corrected chi connectivity index (χ2v) is 7.58. The number of alkyl halides is 1. The van der Waals surface area contributed by atoms with Gasteiger partial charge in [-0.3, -0.25) is 4.79 Å². The largest absolute Gasteiger partial charge is 0.348 e. The Morgan fingerprint density at radius 1 is 1.22 bits per heavy atom. The molecule has 2 unspecified atom stereocenters. The molecular weight excluding hydrogens is 413 g/mol. The molecule has 1 heterocycles. The van der Waals surface area contributed by atoms with E-state index in [0.717, 1.165) is 16.7 Å². The third-order valence-electron chi connectivity index (χ3n) is 4.22. The smallest absolute Gasteiger partial charge is 0.233 e. The Morgan fingerprint density at radius 3 is 2.44 bits per heavy atom. The highest BCUT2D eigenvalue weighted by molar-refractivity contribution is 9.10. The molecule has 1 aromatic carbocycles. The first-order chi connectivity index (χ1) is 13.0. The van der Waals surface area contributed by atoms with Crippen molar-refractivity contribution in [2.75, 3.05) is 0 Å². The first-order valence-corrected chi connectivity index (χ1v) is 9.46. The lowest BCUT2D eigenvalue weighted by Crippen LogP contribution is -2.29. The van der Waals surface area contributed by atoms with Crippen LogP contribution in [0.15, 0.2) is 53.1 Å². The molecule has 0 bridgehead atoms. The fraction of sp³-hybridized carbons (Fsp3) is 0.250. The number of nitrogens with zero attached hydrogens (tertiary/aromatic N) is 2. The average Bonchev–Trinajstić information content (AvgIpc) is 3.13. The minimum absolute atomic E-state index is 0.0308. The van der Waals surface area contributed by atoms with Crippen molar-refractivity contribution in [3.8, 4) is 11.1 Å². The van der Waals surface area contributed by atoms with Crippen LogP contribution in [0.25, 0.3) is 11.1 Å². The summed E-state index contributed by atoms with van der Waals surface area (Å²) in [5.74, 6) is 0.893. The molecule has 2 atom stereocenters. The number of amides is 1. The predicted molar refractivity (Wildman–Crippen MR) is 104 cm³/mol. The van der Waals surface area contributed by atoms with E-state index >= 15 is 0 Å². The van der Waals surface area contributed by atoms with Crippen molar-refractivity contribution in [3.63, 3.8) is 0 Å². The van der Waals surface area contributed by atoms with Gasteiger partial charge in [-0.15, -0.1) is 0 Å². The zero-order valence-corrected chi connectivity index (χ0v) is 16.5. The number of benzene rings is 2. The van der Waals surface area contributed by atoms with Crippen LogP contribution in [0.2, 0.25) is 0 Å². The molecule has 1 N–H and O–H groups in total. The molecule has 2 aliphatic rings. The van der Waals surface area contributed by atoms with Crippen LogP contribution in [0, 0.1) is 5.82 Å². The summed E-state index contributed by atoms with van der Waals surface area (Å²) in [6, 6.07) is 15.2. The molecule has 7 heteroatoms. The molecule has 0 saturated carbocycles. The molecule has 140 valence electrons. The number of carbonyl (C=O) groups is 1. The van der Waals surface area contributed by atoms with Crippen LogP contribution in [0.5, 0.6) is 0 Å². The Bertz CT molecular complexity index is 928. The first kappa shape index (κ1) is 19.2. The van der Waals surface area contributed by atoms with Crippen LogP contribution < -0.4 is 5.32 Å². The fourth-order valence-electron chi connectivity index (χ4n) is 2.45. The van der Waals surface area contributed by atoms with Gasteiger partial charge in [0.2, 0.25) is 11.8 Å². The molecular formula is C20H19BrFN3O2. The summed E-state index contributed by atoms with van der Waals surface area (Å²) in [4.78, 5) is 15.5. The maximum absolute atomic E-state index is 12.0. The van der Waals surface area contributed by atoms with Crippen LogP contribution in [0.3, 0.4) is 0 Å². The second-order valence-electron chi connectivity index (χ2n) is 6.21. The maximum atomic E-state index is 12.0. The van der Waals surface area contributed by atoms with Gasteiger partial charge in [-0.05, 0) is 31.0 Å². The molecule has 0 aliphatic heterocycles. The first-order valence-electron chi connectivity index (χ1n) is 8.55. The maximum Gasteiger partial charge on any atom is 0.233 e. The molecule has 27 heavy (non-hydrogen) atoms. The molecule has 2 aromatic rings. The quantitative estimate of drug-likeness (QED) is 0.474. The van der Waals surface area contributed by atoms with E-state index in [1.807, 2.05) is 43.3 Å². The number of carbonyl (C=O) groups excluding carboxylic acids is 1. The van der Waals surface area contributed by atoms with Crippen molar-refractivity contribution in [1.82, 2.24) is 15.5 Å². The highest BCUT2D eigenvalue weighted by atomic mass is 79.9. The Hall–Kier alpha value is -2.54. The average molecular weight is 432 g/mol. The summed E-state index contributed by atoms with van der Waals surface area (Å²) >= 11 is 3.20. The second kappa shape index (κ2) is 8.43. The topological polar surface area (TPSA) is 68.0 Å². The molecule has 0 fully saturated rings. The van der Waals surface area contributed by atoms with Crippen molar-refractivity contribution in [1.29, 1.82) is 0 Å². The Kier molecular flexibility index (Phi) is 6.01. The minimum Gasteiger partial charge on any atom is -0.348 e. The van der Waals surface area contributed by atoms with E-state index in [1.165, 1.54) is 6.07 Å². The fourth-order valence-corrected chi connectivity index (χ4v) is 2.61. The Labute approximate surface area is 165 Å². The molecule has 4 rings (SSSR count). The van der Waals surface area contributed by atoms with Gasteiger partial charge in [0, 0.05) is 5.56 Å². The summed E-state index contributed by atoms with van der Waals surface area (Å²) in [7, 11) is 0. The van der Waals surface area contributed by atoms with Crippen molar-refractivity contribution >= 4 is 21.8 Å². The van der Waals surface area contributed by atoms with Crippen LogP contribution in [0.4, 0.5) is 4.39 Å². The molecule has 0 spiro atoms. The number of halogens is 2. The molecule has 2 aliphatic carbocycles. The van der Waals surface area contributed by atoms with E-state index in [0.29, 0.717) is 11.7 Å². The number of hydrogen-bond donors (Lipinski definition) is 1. The van der Waals surface area contributed by atoms with E-state index in [-0.39, 0.29) is 29.0 Å². The van der Waals surface area contributed by atoms with Crippen molar-refractivity contribution in [2.45, 2.75) is 31.1 Å². The lowest BCUT2D eigenvalue weighted by molar-refractivity contribution is -0.120. The van der Waals surface area contributed by atoms with Gasteiger partial charge >= 0.3 is 0 Å². The third-order valence-corrected chi connectivity index (χ3v) is 4.63. The summed E-state index contributed by atoms with van der Waals surface area (Å²) in [5.41, 5.74) is 2.98. The van der Waals surface area contributed by atoms with Crippen LogP contribution >= 0.6 is 15.9 Å². The van der Waals surface area contributed by atoms with E-state index in [4.69, 9.17) is 4.52 Å². The minimum atomic E-state index is -0.239. The standard InChI is InChI=1S/C14H16BrN3O2.C6H3F/c1-9(11-6-4-3-5-7-11)14-17-12(18-20-14)8-16-13(19)10(2)15;7-6-3-4-1-2-5(4)6/h3-7,9-10H,8H2,1-2H3,(H,16,19);1-3H. The van der Waals surface area contributed by atoms with Crippen molar-refractivity contribution in [3.05, 3.63) is 71.6 Å². The van der Waals surface area contributed by atoms with E-state index < -0.39 is 0 Å².